The van der Waals surface area contributed by atoms with Crippen molar-refractivity contribution in [1.29, 1.82) is 0 Å². The molecule has 1 aliphatic heterocycles. The Balaban J connectivity index is 1.36. The lowest BCUT2D eigenvalue weighted by Gasteiger charge is -2.33. The Morgan fingerprint density at radius 3 is 2.00 bits per heavy atom. The van der Waals surface area contributed by atoms with Gasteiger partial charge in [0.2, 0.25) is 0 Å². The number of carbonyl (C=O) groups is 1. The molecule has 0 fully saturated rings. The van der Waals surface area contributed by atoms with Crippen molar-refractivity contribution >= 4 is 16.6 Å². The molecule has 0 aliphatic carbocycles. The van der Waals surface area contributed by atoms with E-state index in [9.17, 15) is 41.2 Å². The summed E-state index contributed by atoms with van der Waals surface area (Å²) in [4.78, 5) is 13.3. The number of benzene rings is 2. The zero-order valence-electron chi connectivity index (χ0n) is 22.1. The van der Waals surface area contributed by atoms with Gasteiger partial charge in [-0.3, -0.25) is 9.00 Å². The van der Waals surface area contributed by atoms with Crippen LogP contribution in [0, 0.1) is 0 Å². The zero-order valence-corrected chi connectivity index (χ0v) is 22.9. The van der Waals surface area contributed by atoms with Crippen LogP contribution in [0.2, 0.25) is 0 Å². The van der Waals surface area contributed by atoms with E-state index in [0.29, 0.717) is 29.9 Å². The van der Waals surface area contributed by atoms with Gasteiger partial charge in [0.25, 0.3) is 0 Å². The smallest absolute Gasteiger partial charge is 0.453 e. The van der Waals surface area contributed by atoms with E-state index in [1.165, 1.54) is 24.3 Å². The molecule has 11 heteroatoms. The Hall–Kier alpha value is -2.69. The molecule has 0 spiro atoms. The standard InChI is InChI=1S/C29H35F5O5S/c30-28(31,29(32,33)34)16-8-18-40(38)17-7-5-3-1-2-4-6-9-24-26(20-10-12-21(35)13-11-20)27(37)23-15-14-22(36)19-25(23)39-24/h10-15,19,24,26,35-36H,1-9,16-18H2. The Morgan fingerprint density at radius 2 is 1.35 bits per heavy atom. The molecule has 0 bridgehead atoms. The van der Waals surface area contributed by atoms with Crippen LogP contribution in [0.3, 0.4) is 0 Å². The summed E-state index contributed by atoms with van der Waals surface area (Å²) in [5.41, 5.74) is 1.16. The number of hydrogen-bond acceptors (Lipinski definition) is 5. The molecule has 40 heavy (non-hydrogen) atoms. The minimum absolute atomic E-state index is 0.0141. The van der Waals surface area contributed by atoms with E-state index in [4.69, 9.17) is 4.74 Å². The second-order valence-corrected chi connectivity index (χ2v) is 11.9. The van der Waals surface area contributed by atoms with Crippen LogP contribution in [0.4, 0.5) is 22.0 Å². The number of phenols is 2. The van der Waals surface area contributed by atoms with Gasteiger partial charge in [0.05, 0.1) is 11.5 Å². The number of hydrogen-bond donors (Lipinski definition) is 2. The largest absolute Gasteiger partial charge is 0.508 e. The van der Waals surface area contributed by atoms with E-state index in [0.717, 1.165) is 44.1 Å². The number of aromatic hydroxyl groups is 2. The average Bonchev–Trinajstić information content (AvgIpc) is 2.87. The maximum atomic E-state index is 13.3. The highest BCUT2D eigenvalue weighted by molar-refractivity contribution is 7.84. The maximum Gasteiger partial charge on any atom is 0.453 e. The lowest BCUT2D eigenvalue weighted by Crippen LogP contribution is -2.36. The Labute approximate surface area is 233 Å². The monoisotopic (exact) mass is 590 g/mol. The number of Topliss-reactive ketones (excluding diaryl/α,β-unsaturated/α-hetero) is 1. The van der Waals surface area contributed by atoms with Crippen LogP contribution in [0.15, 0.2) is 42.5 Å². The van der Waals surface area contributed by atoms with Gasteiger partial charge < -0.3 is 14.9 Å². The number of alkyl halides is 5. The van der Waals surface area contributed by atoms with Gasteiger partial charge in [-0.05, 0) is 55.5 Å². The van der Waals surface area contributed by atoms with E-state index in [2.05, 4.69) is 0 Å². The molecule has 222 valence electrons. The van der Waals surface area contributed by atoms with Crippen molar-refractivity contribution in [2.75, 3.05) is 11.5 Å². The first-order chi connectivity index (χ1) is 18.9. The van der Waals surface area contributed by atoms with E-state index >= 15 is 0 Å². The molecule has 0 saturated heterocycles. The molecule has 2 N–H and O–H groups in total. The summed E-state index contributed by atoms with van der Waals surface area (Å²) in [6, 6.07) is 10.9. The maximum absolute atomic E-state index is 13.3. The van der Waals surface area contributed by atoms with Crippen LogP contribution < -0.4 is 4.74 Å². The number of unbranched alkanes of at least 4 members (excludes halogenated alkanes) is 6. The molecule has 2 aromatic rings. The van der Waals surface area contributed by atoms with Crippen LogP contribution in [-0.2, 0) is 10.8 Å². The Kier molecular flexibility index (Phi) is 11.4. The second-order valence-electron chi connectivity index (χ2n) is 10.2. The van der Waals surface area contributed by atoms with Crippen LogP contribution in [0.25, 0.3) is 0 Å². The SMILES string of the molecule is O=C1c2ccc(O)cc2OC(CCCCCCCCCS(=O)CCCC(F)(F)C(F)(F)F)C1c1ccc(O)cc1. The van der Waals surface area contributed by atoms with E-state index in [-0.39, 0.29) is 23.0 Å². The van der Waals surface area contributed by atoms with Crippen molar-refractivity contribution in [2.24, 2.45) is 0 Å². The number of fused-ring (bicyclic) bond motifs is 1. The summed E-state index contributed by atoms with van der Waals surface area (Å²) < 4.78 is 80.4. The third-order valence-electron chi connectivity index (χ3n) is 7.05. The first-order valence-corrected chi connectivity index (χ1v) is 15.0. The molecule has 0 aromatic heterocycles. The fourth-order valence-corrected chi connectivity index (χ4v) is 6.04. The molecule has 1 aliphatic rings. The van der Waals surface area contributed by atoms with E-state index < -0.39 is 47.8 Å². The number of ketones is 1. The van der Waals surface area contributed by atoms with Gasteiger partial charge >= 0.3 is 12.1 Å². The van der Waals surface area contributed by atoms with E-state index in [1.807, 2.05) is 0 Å². The molecule has 3 rings (SSSR count). The van der Waals surface area contributed by atoms with Gasteiger partial charge in [0.1, 0.15) is 23.4 Å². The lowest BCUT2D eigenvalue weighted by atomic mass is 9.81. The van der Waals surface area contributed by atoms with Crippen LogP contribution in [0.1, 0.15) is 86.0 Å². The van der Waals surface area contributed by atoms with Crippen LogP contribution in [-0.4, -0.2) is 49.9 Å². The van der Waals surface area contributed by atoms with Gasteiger partial charge in [0, 0.05) is 34.8 Å². The zero-order chi connectivity index (χ0) is 29.3. The molecule has 0 radical (unpaired) electrons. The molecule has 2 aromatic carbocycles. The lowest BCUT2D eigenvalue weighted by molar-refractivity contribution is -0.284. The highest BCUT2D eigenvalue weighted by Crippen LogP contribution is 2.40. The quantitative estimate of drug-likeness (QED) is 0.164. The van der Waals surface area contributed by atoms with Gasteiger partial charge in [-0.1, -0.05) is 44.2 Å². The summed E-state index contributed by atoms with van der Waals surface area (Å²) in [7, 11) is -1.41. The van der Waals surface area contributed by atoms with Crippen LogP contribution in [0.5, 0.6) is 17.2 Å². The van der Waals surface area contributed by atoms with Gasteiger partial charge in [-0.25, -0.2) is 0 Å². The van der Waals surface area contributed by atoms with Gasteiger partial charge in [-0.15, -0.1) is 0 Å². The molecule has 3 unspecified atom stereocenters. The average molecular weight is 591 g/mol. The normalized spacial score (nSPS) is 18.3. The molecular weight excluding hydrogens is 555 g/mol. The highest BCUT2D eigenvalue weighted by Gasteiger charge is 2.56. The predicted molar refractivity (Wildman–Crippen MR) is 143 cm³/mol. The van der Waals surface area contributed by atoms with Crippen molar-refractivity contribution < 1.29 is 45.9 Å². The first kappa shape index (κ1) is 31.8. The third-order valence-corrected chi connectivity index (χ3v) is 8.54. The number of ether oxygens (including phenoxy) is 1. The number of halogens is 5. The number of rotatable bonds is 15. The Bertz CT molecular complexity index is 1140. The molecule has 1 heterocycles. The molecule has 5 nitrogen and oxygen atoms in total. The fourth-order valence-electron chi connectivity index (χ4n) is 4.84. The third kappa shape index (κ3) is 8.91. The first-order valence-electron chi connectivity index (χ1n) is 13.5. The molecule has 0 amide bonds. The fraction of sp³-hybridized carbons (Fsp3) is 0.552. The summed E-state index contributed by atoms with van der Waals surface area (Å²) in [6.07, 6.45) is -1.22. The number of phenolic OH excluding ortho intramolecular Hbond substituents is 2. The summed E-state index contributed by atoms with van der Waals surface area (Å²) >= 11 is 0. The Morgan fingerprint density at radius 1 is 0.775 bits per heavy atom. The van der Waals surface area contributed by atoms with Gasteiger partial charge in [-0.2, -0.15) is 22.0 Å². The van der Waals surface area contributed by atoms with E-state index in [1.54, 1.807) is 18.2 Å². The second kappa shape index (κ2) is 14.3. The van der Waals surface area contributed by atoms with Crippen molar-refractivity contribution in [2.45, 2.75) is 88.3 Å². The summed E-state index contributed by atoms with van der Waals surface area (Å²) in [5, 5.41) is 19.5. The van der Waals surface area contributed by atoms with Crippen molar-refractivity contribution in [3.63, 3.8) is 0 Å². The van der Waals surface area contributed by atoms with Gasteiger partial charge in [0.15, 0.2) is 5.78 Å². The van der Waals surface area contributed by atoms with Crippen molar-refractivity contribution in [3.05, 3.63) is 53.6 Å². The predicted octanol–water partition coefficient (Wildman–Crippen LogP) is 7.67. The molecule has 3 atom stereocenters. The molecular formula is C29H35F5O5S. The number of carbonyl (C=O) groups excluding carboxylic acids is 1. The topological polar surface area (TPSA) is 83.8 Å². The minimum Gasteiger partial charge on any atom is -0.508 e. The van der Waals surface area contributed by atoms with Crippen LogP contribution >= 0.6 is 0 Å². The summed E-state index contributed by atoms with van der Waals surface area (Å²) in [5.74, 6) is -4.76. The molecule has 0 saturated carbocycles. The minimum atomic E-state index is -5.57. The van der Waals surface area contributed by atoms with Crippen molar-refractivity contribution in [3.8, 4) is 17.2 Å². The summed E-state index contributed by atoms with van der Waals surface area (Å²) in [6.45, 7) is 0. The van der Waals surface area contributed by atoms with Crippen molar-refractivity contribution in [1.82, 2.24) is 0 Å². The highest BCUT2D eigenvalue weighted by atomic mass is 32.2.